The molecule has 3 heterocycles. The van der Waals surface area contributed by atoms with Gasteiger partial charge in [0, 0.05) is 36.0 Å². The van der Waals surface area contributed by atoms with Gasteiger partial charge in [0.2, 0.25) is 0 Å². The second kappa shape index (κ2) is 8.00. The van der Waals surface area contributed by atoms with E-state index in [1.165, 1.54) is 11.0 Å². The number of hydrogen-bond acceptors (Lipinski definition) is 5. The summed E-state index contributed by atoms with van der Waals surface area (Å²) in [6, 6.07) is 10.2. The van der Waals surface area contributed by atoms with Crippen molar-refractivity contribution < 1.29 is 13.6 Å². The molecule has 150 valence electrons. The Morgan fingerprint density at radius 3 is 2.50 bits per heavy atom. The maximum Gasteiger partial charge on any atom is 0.270 e. The second-order valence-electron chi connectivity index (χ2n) is 6.46. The minimum Gasteiger partial charge on any atom is -0.397 e. The molecule has 1 amide bonds. The van der Waals surface area contributed by atoms with Crippen molar-refractivity contribution in [3.05, 3.63) is 84.0 Å². The van der Waals surface area contributed by atoms with Gasteiger partial charge in [0.05, 0.1) is 17.1 Å². The van der Waals surface area contributed by atoms with E-state index < -0.39 is 17.5 Å². The van der Waals surface area contributed by atoms with E-state index in [9.17, 15) is 13.6 Å². The van der Waals surface area contributed by atoms with Crippen molar-refractivity contribution in [1.82, 2.24) is 9.97 Å². The van der Waals surface area contributed by atoms with Gasteiger partial charge in [-0.2, -0.15) is 0 Å². The van der Waals surface area contributed by atoms with Gasteiger partial charge >= 0.3 is 0 Å². The first-order valence-electron chi connectivity index (χ1n) is 8.96. The van der Waals surface area contributed by atoms with Crippen molar-refractivity contribution >= 4 is 38.8 Å². The van der Waals surface area contributed by atoms with Crippen LogP contribution in [0.15, 0.2) is 67.5 Å². The Kier molecular flexibility index (Phi) is 5.24. The molecule has 4 rings (SSSR count). The number of nitrogen functional groups attached to an aromatic ring is 1. The number of nitrogens with zero attached hydrogens (tertiary/aromatic N) is 3. The number of rotatable bonds is 5. The molecule has 8 heteroatoms. The zero-order chi connectivity index (χ0) is 21.3. The van der Waals surface area contributed by atoms with E-state index in [0.29, 0.717) is 10.2 Å². The van der Waals surface area contributed by atoms with Crippen LogP contribution in [-0.4, -0.2) is 22.4 Å². The number of aromatic nitrogens is 2. The lowest BCUT2D eigenvalue weighted by molar-refractivity contribution is 0.0994. The Labute approximate surface area is 175 Å². The molecule has 0 bridgehead atoms. The summed E-state index contributed by atoms with van der Waals surface area (Å²) in [7, 11) is 0. The summed E-state index contributed by atoms with van der Waals surface area (Å²) in [4.78, 5) is 23.9. The smallest absolute Gasteiger partial charge is 0.270 e. The topological polar surface area (TPSA) is 72.1 Å². The summed E-state index contributed by atoms with van der Waals surface area (Å²) in [5.41, 5.74) is 8.21. The van der Waals surface area contributed by atoms with Crippen LogP contribution in [0, 0.1) is 11.6 Å². The van der Waals surface area contributed by atoms with Gasteiger partial charge in [-0.25, -0.2) is 13.8 Å². The Bertz CT molecular complexity index is 1240. The molecule has 2 N–H and O–H groups in total. The molecular formula is C22H16F2N4OS. The van der Waals surface area contributed by atoms with Crippen LogP contribution in [0.5, 0.6) is 0 Å². The van der Waals surface area contributed by atoms with Crippen molar-refractivity contribution in [2.75, 3.05) is 17.2 Å². The van der Waals surface area contributed by atoms with Crippen molar-refractivity contribution in [3.63, 3.8) is 0 Å². The van der Waals surface area contributed by atoms with Gasteiger partial charge in [-0.05, 0) is 36.4 Å². The average Bonchev–Trinajstić information content (AvgIpc) is 3.07. The lowest BCUT2D eigenvalue weighted by Crippen LogP contribution is -2.31. The van der Waals surface area contributed by atoms with E-state index in [0.717, 1.165) is 40.8 Å². The molecule has 0 saturated heterocycles. The number of pyridine rings is 2. The molecule has 0 spiro atoms. The Balaban J connectivity index is 1.77. The van der Waals surface area contributed by atoms with E-state index in [1.807, 2.05) is 18.2 Å². The molecule has 0 radical (unpaired) electrons. The van der Waals surface area contributed by atoms with Crippen LogP contribution in [-0.2, 0) is 0 Å². The zero-order valence-electron chi connectivity index (χ0n) is 15.7. The third kappa shape index (κ3) is 3.65. The zero-order valence-corrected chi connectivity index (χ0v) is 16.5. The minimum absolute atomic E-state index is 0.0606. The number of carbonyl (C=O) groups excluding carboxylic acids is 1. The standard InChI is InChI=1S/C22H16F2N4OS/c1-2-9-28(16-11-14(23)10-15(24)12-16)22(29)20-19(25)17-3-4-18(27-21(17)30-20)13-5-7-26-8-6-13/h2-8,10-12H,1,9,25H2. The quantitative estimate of drug-likeness (QED) is 0.457. The summed E-state index contributed by atoms with van der Waals surface area (Å²) >= 11 is 1.13. The number of nitrogens with two attached hydrogens (primary N) is 1. The largest absolute Gasteiger partial charge is 0.397 e. The molecule has 1 aromatic carbocycles. The molecule has 0 aliphatic heterocycles. The van der Waals surface area contributed by atoms with Gasteiger partial charge in [-0.3, -0.25) is 9.78 Å². The lowest BCUT2D eigenvalue weighted by atomic mass is 10.1. The molecule has 0 unspecified atom stereocenters. The summed E-state index contributed by atoms with van der Waals surface area (Å²) < 4.78 is 27.4. The summed E-state index contributed by atoms with van der Waals surface area (Å²) in [6.07, 6.45) is 4.82. The highest BCUT2D eigenvalue weighted by molar-refractivity contribution is 7.21. The SMILES string of the molecule is C=CCN(C(=O)c1sc2nc(-c3ccncc3)ccc2c1N)c1cc(F)cc(F)c1. The normalized spacial score (nSPS) is 10.9. The van der Waals surface area contributed by atoms with Crippen molar-refractivity contribution in [3.8, 4) is 11.3 Å². The van der Waals surface area contributed by atoms with Gasteiger partial charge in [-0.1, -0.05) is 6.08 Å². The van der Waals surface area contributed by atoms with Gasteiger partial charge in [0.1, 0.15) is 21.3 Å². The molecular weight excluding hydrogens is 406 g/mol. The molecule has 3 aromatic heterocycles. The molecule has 0 saturated carbocycles. The number of benzene rings is 1. The van der Waals surface area contributed by atoms with Crippen molar-refractivity contribution in [1.29, 1.82) is 0 Å². The first-order valence-corrected chi connectivity index (χ1v) is 9.78. The lowest BCUT2D eigenvalue weighted by Gasteiger charge is -2.21. The predicted molar refractivity (Wildman–Crippen MR) is 115 cm³/mol. The summed E-state index contributed by atoms with van der Waals surface area (Å²) in [5.74, 6) is -2.04. The van der Waals surface area contributed by atoms with E-state index in [1.54, 1.807) is 18.5 Å². The molecule has 0 aliphatic rings. The maximum absolute atomic E-state index is 13.7. The van der Waals surface area contributed by atoms with Crippen LogP contribution in [0.4, 0.5) is 20.2 Å². The minimum atomic E-state index is -0.778. The van der Waals surface area contributed by atoms with Crippen LogP contribution >= 0.6 is 11.3 Å². The van der Waals surface area contributed by atoms with Crippen LogP contribution in [0.3, 0.4) is 0 Å². The maximum atomic E-state index is 13.7. The van der Waals surface area contributed by atoms with E-state index in [2.05, 4.69) is 16.5 Å². The van der Waals surface area contributed by atoms with Gasteiger partial charge in [-0.15, -0.1) is 17.9 Å². The fourth-order valence-electron chi connectivity index (χ4n) is 3.09. The summed E-state index contributed by atoms with van der Waals surface area (Å²) in [6.45, 7) is 3.69. The molecule has 30 heavy (non-hydrogen) atoms. The predicted octanol–water partition coefficient (Wildman–Crippen LogP) is 5.05. The fraction of sp³-hybridized carbons (Fsp3) is 0.0455. The molecule has 5 nitrogen and oxygen atoms in total. The highest BCUT2D eigenvalue weighted by atomic mass is 32.1. The van der Waals surface area contributed by atoms with E-state index in [4.69, 9.17) is 5.73 Å². The highest BCUT2D eigenvalue weighted by Gasteiger charge is 2.24. The highest BCUT2D eigenvalue weighted by Crippen LogP contribution is 2.35. The summed E-state index contributed by atoms with van der Waals surface area (Å²) in [5, 5.41) is 0.644. The Morgan fingerprint density at radius 1 is 1.13 bits per heavy atom. The third-order valence-electron chi connectivity index (χ3n) is 4.48. The molecule has 0 aliphatic carbocycles. The molecule has 4 aromatic rings. The fourth-order valence-corrected chi connectivity index (χ4v) is 4.13. The van der Waals surface area contributed by atoms with Crippen LogP contribution < -0.4 is 10.6 Å². The number of halogens is 2. The second-order valence-corrected chi connectivity index (χ2v) is 7.46. The van der Waals surface area contributed by atoms with Crippen molar-refractivity contribution in [2.45, 2.75) is 0 Å². The van der Waals surface area contributed by atoms with E-state index >= 15 is 0 Å². The Morgan fingerprint density at radius 2 is 1.83 bits per heavy atom. The van der Waals surface area contributed by atoms with Gasteiger partial charge < -0.3 is 10.6 Å². The average molecular weight is 422 g/mol. The van der Waals surface area contributed by atoms with Gasteiger partial charge in [0.25, 0.3) is 5.91 Å². The number of hydrogen-bond donors (Lipinski definition) is 1. The number of carbonyl (C=O) groups is 1. The van der Waals surface area contributed by atoms with Crippen LogP contribution in [0.25, 0.3) is 21.5 Å². The van der Waals surface area contributed by atoms with Gasteiger partial charge in [0.15, 0.2) is 0 Å². The first kappa shape index (κ1) is 19.7. The number of anilines is 2. The van der Waals surface area contributed by atoms with Crippen LogP contribution in [0.2, 0.25) is 0 Å². The van der Waals surface area contributed by atoms with Crippen molar-refractivity contribution in [2.24, 2.45) is 0 Å². The third-order valence-corrected chi connectivity index (χ3v) is 5.58. The molecule has 0 atom stereocenters. The number of amides is 1. The first-order chi connectivity index (χ1) is 14.5. The number of thiophene rings is 1. The monoisotopic (exact) mass is 422 g/mol. The Hall–Kier alpha value is -3.65. The molecule has 0 fully saturated rings. The number of fused-ring (bicyclic) bond motifs is 1. The van der Waals surface area contributed by atoms with Crippen LogP contribution in [0.1, 0.15) is 9.67 Å². The van der Waals surface area contributed by atoms with E-state index in [-0.39, 0.29) is 22.8 Å².